The summed E-state index contributed by atoms with van der Waals surface area (Å²) in [5.41, 5.74) is 0. The summed E-state index contributed by atoms with van der Waals surface area (Å²) in [6, 6.07) is 0. The molecular weight excluding hydrogens is 108 g/mol. The normalized spacial score (nSPS) is 34.7. The first kappa shape index (κ1) is 7.11. The Balaban J connectivity index is 2.27. The predicted molar refractivity (Wildman–Crippen MR) is 41.3 cm³/mol. The van der Waals surface area contributed by atoms with Crippen molar-refractivity contribution in [3.8, 4) is 0 Å². The average molecular weight is 126 g/mol. The second-order valence-corrected chi connectivity index (χ2v) is 3.65. The number of rotatable bonds is 2. The molecule has 0 spiro atoms. The fourth-order valence-electron chi connectivity index (χ4n) is 1.98. The van der Waals surface area contributed by atoms with Crippen molar-refractivity contribution in [2.75, 3.05) is 0 Å². The lowest BCUT2D eigenvalue weighted by molar-refractivity contribution is 0.118. The van der Waals surface area contributed by atoms with E-state index in [1.54, 1.807) is 0 Å². The van der Waals surface area contributed by atoms with E-state index in [0.29, 0.717) is 0 Å². The molecular formula is C9H18. The van der Waals surface area contributed by atoms with E-state index in [4.69, 9.17) is 0 Å². The molecule has 0 amide bonds. The Morgan fingerprint density at radius 1 is 1.33 bits per heavy atom. The SMILES string of the molecule is CCC1CCC1C(C)C. The number of hydrogen-bond acceptors (Lipinski definition) is 0. The van der Waals surface area contributed by atoms with Crippen LogP contribution in [0.15, 0.2) is 0 Å². The standard InChI is InChI=1S/C9H18/c1-4-8-5-6-9(8)7(2)3/h7-9H,4-6H2,1-3H3. The fourth-order valence-corrected chi connectivity index (χ4v) is 1.98. The second kappa shape index (κ2) is 2.72. The molecule has 0 aliphatic heterocycles. The summed E-state index contributed by atoms with van der Waals surface area (Å²) < 4.78 is 0. The van der Waals surface area contributed by atoms with Crippen LogP contribution in [0.5, 0.6) is 0 Å². The number of hydrogen-bond donors (Lipinski definition) is 0. The van der Waals surface area contributed by atoms with Gasteiger partial charge in [-0.1, -0.05) is 27.2 Å². The third-order valence-corrected chi connectivity index (χ3v) is 2.86. The highest BCUT2D eigenvalue weighted by atomic mass is 14.4. The van der Waals surface area contributed by atoms with Crippen molar-refractivity contribution in [3.05, 3.63) is 0 Å². The molecule has 0 heteroatoms. The quantitative estimate of drug-likeness (QED) is 0.533. The van der Waals surface area contributed by atoms with Crippen LogP contribution in [-0.2, 0) is 0 Å². The summed E-state index contributed by atoms with van der Waals surface area (Å²) in [5.74, 6) is 3.07. The van der Waals surface area contributed by atoms with Gasteiger partial charge in [-0.3, -0.25) is 0 Å². The molecule has 0 saturated heterocycles. The summed E-state index contributed by atoms with van der Waals surface area (Å²) in [7, 11) is 0. The Labute approximate surface area is 58.7 Å². The summed E-state index contributed by atoms with van der Waals surface area (Å²) in [4.78, 5) is 0. The summed E-state index contributed by atoms with van der Waals surface area (Å²) in [6.45, 7) is 7.03. The van der Waals surface area contributed by atoms with Gasteiger partial charge in [0.15, 0.2) is 0 Å². The van der Waals surface area contributed by atoms with Gasteiger partial charge < -0.3 is 0 Å². The van der Waals surface area contributed by atoms with Gasteiger partial charge >= 0.3 is 0 Å². The minimum atomic E-state index is 0.934. The largest absolute Gasteiger partial charge is 0.0651 e. The highest BCUT2D eigenvalue weighted by Crippen LogP contribution is 2.41. The molecule has 0 bridgehead atoms. The highest BCUT2D eigenvalue weighted by Gasteiger charge is 2.30. The molecule has 1 aliphatic carbocycles. The smallest absolute Gasteiger partial charge is 0.0363 e. The lowest BCUT2D eigenvalue weighted by Crippen LogP contribution is -2.29. The molecule has 0 nitrogen and oxygen atoms in total. The van der Waals surface area contributed by atoms with E-state index >= 15 is 0 Å². The maximum atomic E-state index is 2.35. The first-order valence-electron chi connectivity index (χ1n) is 4.25. The van der Waals surface area contributed by atoms with Crippen molar-refractivity contribution < 1.29 is 0 Å². The van der Waals surface area contributed by atoms with Crippen LogP contribution in [0.25, 0.3) is 0 Å². The van der Waals surface area contributed by atoms with Crippen molar-refractivity contribution in [3.63, 3.8) is 0 Å². The molecule has 1 rings (SSSR count). The molecule has 1 aliphatic rings. The molecule has 0 N–H and O–H groups in total. The van der Waals surface area contributed by atoms with Crippen LogP contribution in [0.1, 0.15) is 40.0 Å². The van der Waals surface area contributed by atoms with E-state index in [1.165, 1.54) is 19.3 Å². The minimum Gasteiger partial charge on any atom is -0.0651 e. The van der Waals surface area contributed by atoms with Gasteiger partial charge in [-0.05, 0) is 30.6 Å². The monoisotopic (exact) mass is 126 g/mol. The zero-order valence-corrected chi connectivity index (χ0v) is 6.85. The van der Waals surface area contributed by atoms with Crippen LogP contribution in [0.3, 0.4) is 0 Å². The first-order chi connectivity index (χ1) is 4.25. The molecule has 1 fully saturated rings. The van der Waals surface area contributed by atoms with Crippen LogP contribution >= 0.6 is 0 Å². The Kier molecular flexibility index (Phi) is 2.15. The third kappa shape index (κ3) is 1.28. The van der Waals surface area contributed by atoms with Crippen molar-refractivity contribution in [1.82, 2.24) is 0 Å². The van der Waals surface area contributed by atoms with Crippen LogP contribution in [-0.4, -0.2) is 0 Å². The van der Waals surface area contributed by atoms with Crippen molar-refractivity contribution in [1.29, 1.82) is 0 Å². The topological polar surface area (TPSA) is 0 Å². The summed E-state index contributed by atoms with van der Waals surface area (Å²) >= 11 is 0. The molecule has 0 heterocycles. The second-order valence-electron chi connectivity index (χ2n) is 3.65. The van der Waals surface area contributed by atoms with Gasteiger partial charge in [0, 0.05) is 0 Å². The van der Waals surface area contributed by atoms with Gasteiger partial charge in [0.1, 0.15) is 0 Å². The van der Waals surface area contributed by atoms with Gasteiger partial charge in [0.2, 0.25) is 0 Å². The first-order valence-corrected chi connectivity index (χ1v) is 4.25. The Morgan fingerprint density at radius 3 is 2.11 bits per heavy atom. The molecule has 9 heavy (non-hydrogen) atoms. The maximum Gasteiger partial charge on any atom is -0.0363 e. The molecule has 0 radical (unpaired) electrons. The average Bonchev–Trinajstić information content (AvgIpc) is 1.61. The summed E-state index contributed by atoms with van der Waals surface area (Å²) in [5, 5.41) is 0. The van der Waals surface area contributed by atoms with Gasteiger partial charge in [-0.2, -0.15) is 0 Å². The Hall–Kier alpha value is 0. The minimum absolute atomic E-state index is 0.934. The van der Waals surface area contributed by atoms with Crippen LogP contribution in [0.2, 0.25) is 0 Å². The van der Waals surface area contributed by atoms with E-state index in [2.05, 4.69) is 20.8 Å². The van der Waals surface area contributed by atoms with E-state index < -0.39 is 0 Å². The van der Waals surface area contributed by atoms with Crippen LogP contribution in [0.4, 0.5) is 0 Å². The van der Waals surface area contributed by atoms with Crippen molar-refractivity contribution in [2.45, 2.75) is 40.0 Å². The molecule has 0 aromatic rings. The van der Waals surface area contributed by atoms with E-state index in [0.717, 1.165) is 17.8 Å². The fraction of sp³-hybridized carbons (Fsp3) is 1.00. The van der Waals surface area contributed by atoms with Gasteiger partial charge in [0.25, 0.3) is 0 Å². The van der Waals surface area contributed by atoms with Crippen molar-refractivity contribution >= 4 is 0 Å². The molecule has 2 unspecified atom stereocenters. The predicted octanol–water partition coefficient (Wildman–Crippen LogP) is 3.08. The van der Waals surface area contributed by atoms with Crippen molar-refractivity contribution in [2.24, 2.45) is 17.8 Å². The zero-order chi connectivity index (χ0) is 6.85. The molecule has 0 aromatic heterocycles. The molecule has 2 atom stereocenters. The summed E-state index contributed by atoms with van der Waals surface area (Å²) in [6.07, 6.45) is 4.40. The molecule has 1 saturated carbocycles. The zero-order valence-electron chi connectivity index (χ0n) is 6.85. The van der Waals surface area contributed by atoms with Gasteiger partial charge in [-0.15, -0.1) is 0 Å². The van der Waals surface area contributed by atoms with E-state index in [9.17, 15) is 0 Å². The lowest BCUT2D eigenvalue weighted by atomic mass is 9.67. The maximum absolute atomic E-state index is 2.35. The molecule has 0 aromatic carbocycles. The highest BCUT2D eigenvalue weighted by molar-refractivity contribution is 4.81. The van der Waals surface area contributed by atoms with Gasteiger partial charge in [0.05, 0.1) is 0 Å². The van der Waals surface area contributed by atoms with E-state index in [1.807, 2.05) is 0 Å². The lowest BCUT2D eigenvalue weighted by Gasteiger charge is -2.39. The van der Waals surface area contributed by atoms with Crippen LogP contribution in [0, 0.1) is 17.8 Å². The van der Waals surface area contributed by atoms with Crippen LogP contribution < -0.4 is 0 Å². The third-order valence-electron chi connectivity index (χ3n) is 2.86. The van der Waals surface area contributed by atoms with Gasteiger partial charge in [-0.25, -0.2) is 0 Å². The Morgan fingerprint density at radius 2 is 2.00 bits per heavy atom. The van der Waals surface area contributed by atoms with E-state index in [-0.39, 0.29) is 0 Å². The molecule has 54 valence electrons. The Bertz CT molecular complexity index is 82.0.